The zero-order chi connectivity index (χ0) is 24.7. The first kappa shape index (κ1) is 22.7. The lowest BCUT2D eigenvalue weighted by Gasteiger charge is -2.40. The zero-order valence-corrected chi connectivity index (χ0v) is 20.1. The molecule has 5 aromatic rings. The van der Waals surface area contributed by atoms with E-state index in [1.165, 1.54) is 23.6 Å². The zero-order valence-electron chi connectivity index (χ0n) is 19.3. The smallest absolute Gasteiger partial charge is 0.223 e. The number of aromatic nitrogens is 5. The second kappa shape index (κ2) is 9.03. The largest absolute Gasteiger partial charge is 0.352 e. The lowest BCUT2D eigenvalue weighted by molar-refractivity contribution is 0.254. The average molecular weight is 504 g/mol. The first-order valence-electron chi connectivity index (χ1n) is 11.7. The first-order valence-corrected chi connectivity index (χ1v) is 12.5. The second-order valence-electron chi connectivity index (χ2n) is 9.02. The molecule has 10 heteroatoms. The first-order chi connectivity index (χ1) is 17.5. The average Bonchev–Trinajstić information content (AvgIpc) is 3.53. The molecule has 1 fully saturated rings. The molecule has 2 aromatic carbocycles. The third-order valence-corrected chi connectivity index (χ3v) is 7.86. The normalized spacial score (nSPS) is 14.6. The molecule has 0 radical (unpaired) electrons. The van der Waals surface area contributed by atoms with Gasteiger partial charge in [0.2, 0.25) is 5.95 Å². The predicted molar refractivity (Wildman–Crippen MR) is 136 cm³/mol. The summed E-state index contributed by atoms with van der Waals surface area (Å²) in [4.78, 5) is 9.18. The summed E-state index contributed by atoms with van der Waals surface area (Å²) in [6, 6.07) is 12.6. The summed E-state index contributed by atoms with van der Waals surface area (Å²) in [5.41, 5.74) is 9.05. The highest BCUT2D eigenvalue weighted by molar-refractivity contribution is 7.22. The molecule has 0 atom stereocenters. The van der Waals surface area contributed by atoms with Gasteiger partial charge in [-0.2, -0.15) is 0 Å². The van der Waals surface area contributed by atoms with Crippen LogP contribution in [0.5, 0.6) is 0 Å². The topological polar surface area (TPSA) is 94.5 Å². The maximum absolute atomic E-state index is 14.8. The number of fused-ring (bicyclic) bond motifs is 1. The maximum Gasteiger partial charge on any atom is 0.223 e. The Kier molecular flexibility index (Phi) is 5.69. The molecule has 0 bridgehead atoms. The van der Waals surface area contributed by atoms with Crippen molar-refractivity contribution in [3.8, 4) is 21.7 Å². The van der Waals surface area contributed by atoms with Crippen molar-refractivity contribution in [2.75, 3.05) is 11.9 Å². The molecule has 7 nitrogen and oxygen atoms in total. The van der Waals surface area contributed by atoms with Crippen molar-refractivity contribution in [2.45, 2.75) is 31.3 Å². The van der Waals surface area contributed by atoms with Gasteiger partial charge < -0.3 is 11.1 Å². The molecule has 36 heavy (non-hydrogen) atoms. The Morgan fingerprint density at radius 1 is 1.11 bits per heavy atom. The van der Waals surface area contributed by atoms with Gasteiger partial charge in [-0.3, -0.25) is 4.68 Å². The minimum absolute atomic E-state index is 0.217. The minimum Gasteiger partial charge on any atom is -0.352 e. The molecule has 1 saturated carbocycles. The number of rotatable bonds is 7. The van der Waals surface area contributed by atoms with Crippen LogP contribution in [0.15, 0.2) is 61.1 Å². The van der Waals surface area contributed by atoms with Crippen molar-refractivity contribution in [1.82, 2.24) is 25.0 Å². The summed E-state index contributed by atoms with van der Waals surface area (Å²) in [7, 11) is 0. The van der Waals surface area contributed by atoms with E-state index in [1.54, 1.807) is 29.2 Å². The van der Waals surface area contributed by atoms with Crippen molar-refractivity contribution in [3.05, 3.63) is 78.3 Å². The van der Waals surface area contributed by atoms with Crippen LogP contribution >= 0.6 is 11.3 Å². The SMILES string of the molecule is NC1(c2ccc(F)cc2-c2cccc3cc(-c4nc(NCCn5ccnn5)ncc4F)sc23)CCC1. The Balaban J connectivity index is 1.37. The van der Waals surface area contributed by atoms with Crippen molar-refractivity contribution < 1.29 is 8.78 Å². The number of halogens is 2. The summed E-state index contributed by atoms with van der Waals surface area (Å²) in [6.07, 6.45) is 7.34. The number of hydrogen-bond acceptors (Lipinski definition) is 7. The van der Waals surface area contributed by atoms with E-state index in [9.17, 15) is 8.78 Å². The van der Waals surface area contributed by atoms with E-state index in [0.717, 1.165) is 46.0 Å². The van der Waals surface area contributed by atoms with Crippen LogP contribution in [0.25, 0.3) is 31.8 Å². The lowest BCUT2D eigenvalue weighted by atomic mass is 9.70. The molecular formula is C26H23F2N7S. The van der Waals surface area contributed by atoms with Crippen LogP contribution in [0.1, 0.15) is 24.8 Å². The molecule has 3 N–H and O–H groups in total. The second-order valence-corrected chi connectivity index (χ2v) is 10.1. The van der Waals surface area contributed by atoms with Crippen LogP contribution < -0.4 is 11.1 Å². The number of thiophene rings is 1. The Hall–Kier alpha value is -3.76. The van der Waals surface area contributed by atoms with Crippen LogP contribution in [-0.4, -0.2) is 31.5 Å². The van der Waals surface area contributed by atoms with Crippen LogP contribution in [0.3, 0.4) is 0 Å². The van der Waals surface area contributed by atoms with Crippen LogP contribution in [0.2, 0.25) is 0 Å². The molecule has 3 aromatic heterocycles. The van der Waals surface area contributed by atoms with Crippen molar-refractivity contribution in [1.29, 1.82) is 0 Å². The van der Waals surface area contributed by atoms with E-state index in [2.05, 4.69) is 25.6 Å². The third kappa shape index (κ3) is 4.12. The monoisotopic (exact) mass is 503 g/mol. The van der Waals surface area contributed by atoms with Crippen molar-refractivity contribution >= 4 is 27.4 Å². The molecule has 0 spiro atoms. The highest BCUT2D eigenvalue weighted by Gasteiger charge is 2.36. The highest BCUT2D eigenvalue weighted by Crippen LogP contribution is 2.46. The standard InChI is InChI=1S/C26H23F2N7S/c27-17-5-6-20(26(29)7-2-8-26)19(14-17)18-4-1-3-16-13-22(36-24(16)18)23-21(28)15-31-25(33-23)30-9-11-35-12-10-32-34-35/h1,3-6,10,12-15H,2,7-9,11,29H2,(H,30,31,33). The van der Waals surface area contributed by atoms with Crippen LogP contribution in [0, 0.1) is 11.6 Å². The lowest BCUT2D eigenvalue weighted by Crippen LogP contribution is -2.43. The molecule has 6 rings (SSSR count). The van der Waals surface area contributed by atoms with Gasteiger partial charge in [0.25, 0.3) is 0 Å². The third-order valence-electron chi connectivity index (χ3n) is 6.67. The summed E-state index contributed by atoms with van der Waals surface area (Å²) in [5, 5.41) is 11.7. The fourth-order valence-corrected chi connectivity index (χ4v) is 5.83. The maximum atomic E-state index is 14.8. The Labute approximate surface area is 210 Å². The molecule has 1 aliphatic rings. The molecule has 1 aliphatic carbocycles. The predicted octanol–water partition coefficient (Wildman–Crippen LogP) is 5.35. The number of benzene rings is 2. The van der Waals surface area contributed by atoms with Gasteiger partial charge in [-0.05, 0) is 59.5 Å². The molecule has 0 amide bonds. The molecular weight excluding hydrogens is 480 g/mol. The quantitative estimate of drug-likeness (QED) is 0.311. The van der Waals surface area contributed by atoms with Gasteiger partial charge in [-0.1, -0.05) is 29.5 Å². The summed E-state index contributed by atoms with van der Waals surface area (Å²) in [5.74, 6) is -0.493. The van der Waals surface area contributed by atoms with Gasteiger partial charge in [0.1, 0.15) is 11.5 Å². The van der Waals surface area contributed by atoms with E-state index in [4.69, 9.17) is 5.73 Å². The van der Waals surface area contributed by atoms with Gasteiger partial charge in [-0.25, -0.2) is 18.7 Å². The van der Waals surface area contributed by atoms with Gasteiger partial charge in [0, 0.05) is 23.0 Å². The van der Waals surface area contributed by atoms with Gasteiger partial charge in [-0.15, -0.1) is 16.4 Å². The number of nitrogens with zero attached hydrogens (tertiary/aromatic N) is 5. The number of anilines is 1. The van der Waals surface area contributed by atoms with E-state index < -0.39 is 11.4 Å². The molecule has 182 valence electrons. The molecule has 0 unspecified atom stereocenters. The van der Waals surface area contributed by atoms with Crippen molar-refractivity contribution in [3.63, 3.8) is 0 Å². The number of hydrogen-bond donors (Lipinski definition) is 2. The molecule has 0 aliphatic heterocycles. The van der Waals surface area contributed by atoms with E-state index in [0.29, 0.717) is 23.9 Å². The summed E-state index contributed by atoms with van der Waals surface area (Å²) < 4.78 is 31.8. The Morgan fingerprint density at radius 3 is 2.78 bits per heavy atom. The summed E-state index contributed by atoms with van der Waals surface area (Å²) >= 11 is 1.42. The number of nitrogens with two attached hydrogens (primary N) is 1. The molecule has 0 saturated heterocycles. The van der Waals surface area contributed by atoms with Crippen LogP contribution in [0.4, 0.5) is 14.7 Å². The fraction of sp³-hybridized carbons (Fsp3) is 0.231. The van der Waals surface area contributed by atoms with E-state index >= 15 is 0 Å². The van der Waals surface area contributed by atoms with Gasteiger partial charge >= 0.3 is 0 Å². The van der Waals surface area contributed by atoms with E-state index in [1.807, 2.05) is 24.3 Å². The van der Waals surface area contributed by atoms with E-state index in [-0.39, 0.29) is 11.5 Å². The fourth-order valence-electron chi connectivity index (χ4n) is 4.65. The highest BCUT2D eigenvalue weighted by atomic mass is 32.1. The summed E-state index contributed by atoms with van der Waals surface area (Å²) in [6.45, 7) is 1.08. The number of nitrogens with one attached hydrogen (secondary N) is 1. The van der Waals surface area contributed by atoms with Crippen LogP contribution in [-0.2, 0) is 12.1 Å². The molecule has 3 heterocycles. The Morgan fingerprint density at radius 2 is 2.00 bits per heavy atom. The van der Waals surface area contributed by atoms with Crippen molar-refractivity contribution in [2.24, 2.45) is 5.73 Å². The van der Waals surface area contributed by atoms with Gasteiger partial charge in [0.05, 0.1) is 23.8 Å². The Bertz CT molecular complexity index is 1540. The minimum atomic E-state index is -0.508. The van der Waals surface area contributed by atoms with Gasteiger partial charge in [0.15, 0.2) is 5.82 Å².